The van der Waals surface area contributed by atoms with Crippen LogP contribution in [0.3, 0.4) is 0 Å². The number of anilines is 1. The van der Waals surface area contributed by atoms with E-state index in [0.29, 0.717) is 39.6 Å². The second kappa shape index (κ2) is 8.86. The highest BCUT2D eigenvalue weighted by Gasteiger charge is 2.45. The maximum atomic E-state index is 13.7. The number of carboxylic acids is 1. The number of rotatable bonds is 6. The molecule has 0 saturated heterocycles. The van der Waals surface area contributed by atoms with Crippen molar-refractivity contribution in [2.45, 2.75) is 18.9 Å². The van der Waals surface area contributed by atoms with E-state index in [1.54, 1.807) is 41.3 Å². The van der Waals surface area contributed by atoms with E-state index in [1.165, 1.54) is 21.3 Å². The molecule has 7 nitrogen and oxygen atoms in total. The zero-order valence-electron chi connectivity index (χ0n) is 18.9. The first-order chi connectivity index (χ1) is 15.9. The quantitative estimate of drug-likeness (QED) is 0.595. The topological polar surface area (TPSA) is 85.3 Å². The number of amides is 1. The van der Waals surface area contributed by atoms with E-state index in [0.717, 1.165) is 5.56 Å². The number of hydrogen-bond acceptors (Lipinski definition) is 5. The van der Waals surface area contributed by atoms with Gasteiger partial charge >= 0.3 is 5.97 Å². The fraction of sp³-hybridized carbons (Fsp3) is 0.231. The van der Waals surface area contributed by atoms with Crippen molar-refractivity contribution in [3.8, 4) is 17.2 Å². The molecule has 1 aliphatic rings. The van der Waals surface area contributed by atoms with Crippen molar-refractivity contribution in [3.63, 3.8) is 0 Å². The second-order valence-electron chi connectivity index (χ2n) is 7.82. The fourth-order valence-electron chi connectivity index (χ4n) is 4.40. The molecule has 1 heterocycles. The van der Waals surface area contributed by atoms with Gasteiger partial charge in [0, 0.05) is 11.3 Å². The number of methoxy groups -OCH3 is 3. The van der Waals surface area contributed by atoms with Gasteiger partial charge in [0.25, 0.3) is 5.91 Å². The first kappa shape index (κ1) is 22.2. The van der Waals surface area contributed by atoms with Crippen LogP contribution in [0, 0.1) is 6.92 Å². The monoisotopic (exact) mass is 447 g/mol. The summed E-state index contributed by atoms with van der Waals surface area (Å²) in [6.07, 6.45) is 0. The number of carbonyl (C=O) groups excluding carboxylic acids is 1. The molecular formula is C26H25NO6. The highest BCUT2D eigenvalue weighted by atomic mass is 16.5. The number of nitrogens with zero attached hydrogens (tertiary/aromatic N) is 1. The van der Waals surface area contributed by atoms with Gasteiger partial charge in [-0.2, -0.15) is 0 Å². The largest absolute Gasteiger partial charge is 0.493 e. The summed E-state index contributed by atoms with van der Waals surface area (Å²) in [7, 11) is 4.49. The van der Waals surface area contributed by atoms with Gasteiger partial charge in [-0.05, 0) is 48.4 Å². The summed E-state index contributed by atoms with van der Waals surface area (Å²) in [6.45, 7) is 1.95. The minimum absolute atomic E-state index is 0.272. The Bertz CT molecular complexity index is 1180. The van der Waals surface area contributed by atoms with Gasteiger partial charge in [0.2, 0.25) is 5.75 Å². The Morgan fingerprint density at radius 1 is 0.909 bits per heavy atom. The van der Waals surface area contributed by atoms with Crippen LogP contribution in [0.4, 0.5) is 5.69 Å². The number of benzene rings is 3. The van der Waals surface area contributed by atoms with Crippen LogP contribution in [0.1, 0.15) is 39.0 Å². The average molecular weight is 447 g/mol. The van der Waals surface area contributed by atoms with E-state index in [2.05, 4.69) is 0 Å². The second-order valence-corrected chi connectivity index (χ2v) is 7.82. The predicted molar refractivity (Wildman–Crippen MR) is 124 cm³/mol. The van der Waals surface area contributed by atoms with Crippen LogP contribution in [-0.4, -0.2) is 38.3 Å². The average Bonchev–Trinajstić information content (AvgIpc) is 2.83. The van der Waals surface area contributed by atoms with Crippen LogP contribution in [0.2, 0.25) is 0 Å². The zero-order chi connectivity index (χ0) is 23.7. The van der Waals surface area contributed by atoms with E-state index in [9.17, 15) is 14.7 Å². The maximum Gasteiger partial charge on any atom is 0.313 e. The van der Waals surface area contributed by atoms with Gasteiger partial charge in [0.05, 0.1) is 27.4 Å². The SMILES string of the molecule is COc1cc(C2C(C(=O)O)c3ccccc3C(=O)N2c2ccc(C)cc2)cc(OC)c1OC. The van der Waals surface area contributed by atoms with Crippen molar-refractivity contribution in [3.05, 3.63) is 82.9 Å². The Hall–Kier alpha value is -4.00. The molecule has 7 heteroatoms. The normalized spacial score (nSPS) is 17.3. The van der Waals surface area contributed by atoms with Gasteiger partial charge in [-0.25, -0.2) is 0 Å². The zero-order valence-corrected chi connectivity index (χ0v) is 18.9. The molecule has 4 rings (SSSR count). The lowest BCUT2D eigenvalue weighted by molar-refractivity contribution is -0.139. The van der Waals surface area contributed by atoms with Crippen molar-refractivity contribution in [1.29, 1.82) is 0 Å². The summed E-state index contributed by atoms with van der Waals surface area (Å²) in [4.78, 5) is 27.9. The summed E-state index contributed by atoms with van der Waals surface area (Å²) in [6, 6.07) is 16.8. The van der Waals surface area contributed by atoms with Crippen LogP contribution in [0.25, 0.3) is 0 Å². The molecule has 0 spiro atoms. The van der Waals surface area contributed by atoms with Gasteiger partial charge in [-0.1, -0.05) is 35.9 Å². The smallest absolute Gasteiger partial charge is 0.313 e. The summed E-state index contributed by atoms with van der Waals surface area (Å²) in [5, 5.41) is 10.3. The van der Waals surface area contributed by atoms with Crippen LogP contribution in [0.5, 0.6) is 17.2 Å². The van der Waals surface area contributed by atoms with Crippen molar-refractivity contribution in [1.82, 2.24) is 0 Å². The molecule has 3 aromatic carbocycles. The van der Waals surface area contributed by atoms with Crippen LogP contribution >= 0.6 is 0 Å². The Kier molecular flexibility index (Phi) is 5.96. The standard InChI is InChI=1S/C26H25NO6/c1-15-9-11-17(12-10-15)27-23(16-13-20(31-2)24(33-4)21(14-16)32-3)22(26(29)30)18-7-5-6-8-19(18)25(27)28/h5-14,22-23H,1-4H3,(H,29,30). The Balaban J connectivity index is 2.02. The van der Waals surface area contributed by atoms with E-state index in [-0.39, 0.29) is 5.91 Å². The minimum Gasteiger partial charge on any atom is -0.493 e. The molecule has 2 atom stereocenters. The van der Waals surface area contributed by atoms with Crippen LogP contribution in [-0.2, 0) is 4.79 Å². The molecule has 3 aromatic rings. The van der Waals surface area contributed by atoms with Gasteiger partial charge in [0.15, 0.2) is 11.5 Å². The van der Waals surface area contributed by atoms with Gasteiger partial charge < -0.3 is 19.3 Å². The van der Waals surface area contributed by atoms with Crippen molar-refractivity contribution < 1.29 is 28.9 Å². The maximum absolute atomic E-state index is 13.7. The third-order valence-electron chi connectivity index (χ3n) is 5.95. The van der Waals surface area contributed by atoms with Crippen molar-refractivity contribution in [2.75, 3.05) is 26.2 Å². The molecule has 0 radical (unpaired) electrons. The molecule has 2 unspecified atom stereocenters. The lowest BCUT2D eigenvalue weighted by atomic mass is 9.79. The van der Waals surface area contributed by atoms with Crippen LogP contribution < -0.4 is 19.1 Å². The molecule has 1 N–H and O–H groups in total. The molecule has 0 aromatic heterocycles. The predicted octanol–water partition coefficient (Wildman–Crippen LogP) is 4.59. The van der Waals surface area contributed by atoms with Gasteiger partial charge in [-0.3, -0.25) is 14.5 Å². The highest BCUT2D eigenvalue weighted by molar-refractivity contribution is 6.11. The number of carboxylic acid groups (broad SMARTS) is 1. The van der Waals surface area contributed by atoms with E-state index in [1.807, 2.05) is 31.2 Å². The molecule has 1 amide bonds. The lowest BCUT2D eigenvalue weighted by Gasteiger charge is -2.41. The summed E-state index contributed by atoms with van der Waals surface area (Å²) in [5.41, 5.74) is 3.03. The van der Waals surface area contributed by atoms with Crippen molar-refractivity contribution in [2.24, 2.45) is 0 Å². The first-order valence-corrected chi connectivity index (χ1v) is 10.4. The Morgan fingerprint density at radius 3 is 2.06 bits per heavy atom. The molecule has 0 bridgehead atoms. The number of fused-ring (bicyclic) bond motifs is 1. The Labute approximate surface area is 192 Å². The first-order valence-electron chi connectivity index (χ1n) is 10.4. The molecule has 0 saturated carbocycles. The van der Waals surface area contributed by atoms with E-state index >= 15 is 0 Å². The molecule has 33 heavy (non-hydrogen) atoms. The third kappa shape index (κ3) is 3.75. The third-order valence-corrected chi connectivity index (χ3v) is 5.95. The van der Waals surface area contributed by atoms with E-state index in [4.69, 9.17) is 14.2 Å². The van der Waals surface area contributed by atoms with E-state index < -0.39 is 17.9 Å². The molecule has 1 aliphatic heterocycles. The number of carbonyl (C=O) groups is 2. The minimum atomic E-state index is -1.04. The number of ether oxygens (including phenoxy) is 3. The van der Waals surface area contributed by atoms with Gasteiger partial charge in [-0.15, -0.1) is 0 Å². The summed E-state index contributed by atoms with van der Waals surface area (Å²) >= 11 is 0. The van der Waals surface area contributed by atoms with Gasteiger partial charge in [0.1, 0.15) is 5.92 Å². The van der Waals surface area contributed by atoms with Crippen molar-refractivity contribution >= 4 is 17.6 Å². The summed E-state index contributed by atoms with van der Waals surface area (Å²) in [5.74, 6) is -1.17. The molecule has 170 valence electrons. The number of aryl methyl sites for hydroxylation is 1. The molecule has 0 fully saturated rings. The molecular weight excluding hydrogens is 422 g/mol. The number of hydrogen-bond donors (Lipinski definition) is 1. The van der Waals surface area contributed by atoms with Crippen LogP contribution in [0.15, 0.2) is 60.7 Å². The highest BCUT2D eigenvalue weighted by Crippen LogP contribution is 2.48. The Morgan fingerprint density at radius 2 is 1.52 bits per heavy atom. The molecule has 0 aliphatic carbocycles. The summed E-state index contributed by atoms with van der Waals surface area (Å²) < 4.78 is 16.4. The lowest BCUT2D eigenvalue weighted by Crippen LogP contribution is -2.45. The number of aliphatic carboxylic acids is 1. The fourth-order valence-corrected chi connectivity index (χ4v) is 4.40.